The number of nitrogens with two attached hydrogens (primary N) is 1. The van der Waals surface area contributed by atoms with E-state index < -0.39 is 5.60 Å². The van der Waals surface area contributed by atoms with Gasteiger partial charge in [0.1, 0.15) is 11.5 Å². The molecule has 21 heavy (non-hydrogen) atoms. The van der Waals surface area contributed by atoms with Gasteiger partial charge in [-0.2, -0.15) is 0 Å². The van der Waals surface area contributed by atoms with Crippen LogP contribution in [0.15, 0.2) is 12.1 Å². The number of carbonyl (C=O) groups excluding carboxylic acids is 1. The number of rotatable bonds is 6. The molecule has 1 amide bonds. The molecule has 118 valence electrons. The molecule has 0 fully saturated rings. The first-order valence-corrected chi connectivity index (χ1v) is 6.76. The van der Waals surface area contributed by atoms with Crippen molar-refractivity contribution in [2.24, 2.45) is 0 Å². The lowest BCUT2D eigenvalue weighted by atomic mass is 10.1. The highest BCUT2D eigenvalue weighted by Gasteiger charge is 2.25. The highest BCUT2D eigenvalue weighted by Crippen LogP contribution is 2.32. The zero-order chi connectivity index (χ0) is 16.2. The molecule has 0 bridgehead atoms. The molecule has 6 nitrogen and oxygen atoms in total. The minimum Gasteiger partial charge on any atom is -0.497 e. The van der Waals surface area contributed by atoms with Crippen molar-refractivity contribution in [2.45, 2.75) is 26.4 Å². The number of ether oxygens (including phenoxy) is 2. The third-order valence-corrected chi connectivity index (χ3v) is 3.05. The number of aliphatic hydroxyl groups is 1. The second-order valence-corrected chi connectivity index (χ2v) is 5.42. The number of likely N-dealkylation sites (N-methyl/N-ethyl adjacent to an activating group) is 1. The predicted octanol–water partition coefficient (Wildman–Crippen LogP) is 1.52. The Morgan fingerprint density at radius 1 is 1.33 bits per heavy atom. The van der Waals surface area contributed by atoms with E-state index in [1.165, 1.54) is 19.1 Å². The number of hydrogen-bond acceptors (Lipinski definition) is 5. The van der Waals surface area contributed by atoms with Crippen LogP contribution in [-0.2, 0) is 0 Å². The minimum absolute atomic E-state index is 0.210. The first-order chi connectivity index (χ1) is 9.73. The summed E-state index contributed by atoms with van der Waals surface area (Å²) >= 11 is 0. The fourth-order valence-corrected chi connectivity index (χ4v) is 2.03. The molecule has 0 spiro atoms. The molecule has 0 saturated carbocycles. The minimum atomic E-state index is -0.983. The molecule has 0 heterocycles. The van der Waals surface area contributed by atoms with Gasteiger partial charge in [0.25, 0.3) is 5.91 Å². The second-order valence-electron chi connectivity index (χ2n) is 5.42. The van der Waals surface area contributed by atoms with Gasteiger partial charge in [0, 0.05) is 19.2 Å². The van der Waals surface area contributed by atoms with Gasteiger partial charge < -0.3 is 25.2 Å². The Hall–Kier alpha value is -1.95. The number of hydrogen-bond donors (Lipinski definition) is 2. The molecule has 6 heteroatoms. The van der Waals surface area contributed by atoms with Gasteiger partial charge in [-0.3, -0.25) is 4.79 Å². The van der Waals surface area contributed by atoms with E-state index in [9.17, 15) is 9.90 Å². The van der Waals surface area contributed by atoms with Crippen molar-refractivity contribution < 1.29 is 19.4 Å². The molecule has 0 aliphatic carbocycles. The maximum Gasteiger partial charge on any atom is 0.256 e. The van der Waals surface area contributed by atoms with Gasteiger partial charge in [-0.15, -0.1) is 0 Å². The molecule has 0 aliphatic heterocycles. The molecule has 0 aromatic heterocycles. The summed E-state index contributed by atoms with van der Waals surface area (Å²) in [6, 6.07) is 3.20. The SMILES string of the molecule is CCN(CC(C)(C)O)C(=O)c1cc(OC)cc(OC)c1N. The lowest BCUT2D eigenvalue weighted by Gasteiger charge is -2.28. The van der Waals surface area contributed by atoms with Crippen LogP contribution >= 0.6 is 0 Å². The monoisotopic (exact) mass is 296 g/mol. The molecule has 0 radical (unpaired) electrons. The Morgan fingerprint density at radius 3 is 2.38 bits per heavy atom. The maximum atomic E-state index is 12.6. The number of nitrogens with zero attached hydrogens (tertiary/aromatic N) is 1. The zero-order valence-electron chi connectivity index (χ0n) is 13.3. The zero-order valence-corrected chi connectivity index (χ0v) is 13.3. The van der Waals surface area contributed by atoms with Crippen molar-refractivity contribution in [1.29, 1.82) is 0 Å². The summed E-state index contributed by atoms with van der Waals surface area (Å²) in [7, 11) is 2.99. The van der Waals surface area contributed by atoms with Crippen molar-refractivity contribution in [2.75, 3.05) is 33.0 Å². The van der Waals surface area contributed by atoms with Gasteiger partial charge in [-0.05, 0) is 26.8 Å². The van der Waals surface area contributed by atoms with Gasteiger partial charge in [-0.1, -0.05) is 0 Å². The molecule has 0 atom stereocenters. The molecule has 0 unspecified atom stereocenters. The fourth-order valence-electron chi connectivity index (χ4n) is 2.03. The molecular formula is C15H24N2O4. The molecule has 0 saturated heterocycles. The van der Waals surface area contributed by atoms with E-state index in [0.29, 0.717) is 23.6 Å². The summed E-state index contributed by atoms with van der Waals surface area (Å²) in [5, 5.41) is 9.91. The van der Waals surface area contributed by atoms with Crippen LogP contribution < -0.4 is 15.2 Å². The van der Waals surface area contributed by atoms with Gasteiger partial charge in [-0.25, -0.2) is 0 Å². The van der Waals surface area contributed by atoms with E-state index in [2.05, 4.69) is 0 Å². The third kappa shape index (κ3) is 4.26. The lowest BCUT2D eigenvalue weighted by Crippen LogP contribution is -2.42. The second kappa shape index (κ2) is 6.67. The summed E-state index contributed by atoms with van der Waals surface area (Å²) in [5.41, 5.74) is 5.57. The average Bonchev–Trinajstić information content (AvgIpc) is 2.43. The summed E-state index contributed by atoms with van der Waals surface area (Å²) in [6.07, 6.45) is 0. The molecule has 1 rings (SSSR count). The molecule has 0 aliphatic rings. The number of nitrogen functional groups attached to an aromatic ring is 1. The van der Waals surface area contributed by atoms with Crippen LogP contribution in [0.25, 0.3) is 0 Å². The highest BCUT2D eigenvalue weighted by atomic mass is 16.5. The van der Waals surface area contributed by atoms with Crippen LogP contribution in [0.5, 0.6) is 11.5 Å². The molecule has 1 aromatic rings. The Labute approximate surface area is 125 Å². The summed E-state index contributed by atoms with van der Waals surface area (Å²) in [6.45, 7) is 5.82. The summed E-state index contributed by atoms with van der Waals surface area (Å²) in [4.78, 5) is 14.2. The first-order valence-electron chi connectivity index (χ1n) is 6.76. The van der Waals surface area contributed by atoms with Gasteiger partial charge in [0.15, 0.2) is 0 Å². The van der Waals surface area contributed by atoms with Crippen LogP contribution in [0.3, 0.4) is 0 Å². The smallest absolute Gasteiger partial charge is 0.256 e. The summed E-state index contributed by atoms with van der Waals surface area (Å²) in [5.74, 6) is 0.607. The van der Waals surface area contributed by atoms with Crippen molar-refractivity contribution in [3.63, 3.8) is 0 Å². The predicted molar refractivity (Wildman–Crippen MR) is 81.8 cm³/mol. The van der Waals surface area contributed by atoms with Crippen molar-refractivity contribution in [3.05, 3.63) is 17.7 Å². The van der Waals surface area contributed by atoms with Gasteiger partial charge in [0.05, 0.1) is 31.1 Å². The topological polar surface area (TPSA) is 85.0 Å². The highest BCUT2D eigenvalue weighted by molar-refractivity contribution is 6.01. The van der Waals surface area contributed by atoms with Crippen LogP contribution in [-0.4, -0.2) is 48.8 Å². The Bertz CT molecular complexity index is 509. The van der Waals surface area contributed by atoms with E-state index >= 15 is 0 Å². The van der Waals surface area contributed by atoms with Crippen LogP contribution in [0.2, 0.25) is 0 Å². The van der Waals surface area contributed by atoms with Crippen molar-refractivity contribution in [1.82, 2.24) is 4.90 Å². The van der Waals surface area contributed by atoms with Crippen molar-refractivity contribution >= 4 is 11.6 Å². The number of amides is 1. The average molecular weight is 296 g/mol. The molecular weight excluding hydrogens is 272 g/mol. The van der Waals surface area contributed by atoms with E-state index in [1.54, 1.807) is 26.0 Å². The van der Waals surface area contributed by atoms with Gasteiger partial charge >= 0.3 is 0 Å². The van der Waals surface area contributed by atoms with Crippen LogP contribution in [0.4, 0.5) is 5.69 Å². The van der Waals surface area contributed by atoms with E-state index in [-0.39, 0.29) is 18.1 Å². The summed E-state index contributed by atoms with van der Waals surface area (Å²) < 4.78 is 10.3. The Morgan fingerprint density at radius 2 is 1.95 bits per heavy atom. The standard InChI is InChI=1S/C15H24N2O4/c1-6-17(9-15(2,3)19)14(18)11-7-10(20-4)8-12(21-5)13(11)16/h7-8,19H,6,9,16H2,1-5H3. The van der Waals surface area contributed by atoms with E-state index in [4.69, 9.17) is 15.2 Å². The number of benzene rings is 1. The lowest BCUT2D eigenvalue weighted by molar-refractivity contribution is 0.0315. The molecule has 3 N–H and O–H groups in total. The number of carbonyl (C=O) groups is 1. The van der Waals surface area contributed by atoms with Crippen LogP contribution in [0.1, 0.15) is 31.1 Å². The third-order valence-electron chi connectivity index (χ3n) is 3.05. The normalized spacial score (nSPS) is 11.1. The quantitative estimate of drug-likeness (QED) is 0.777. The van der Waals surface area contributed by atoms with Crippen LogP contribution in [0, 0.1) is 0 Å². The number of anilines is 1. The van der Waals surface area contributed by atoms with Gasteiger partial charge in [0.2, 0.25) is 0 Å². The Kier molecular flexibility index (Phi) is 5.43. The first kappa shape index (κ1) is 17.1. The Balaban J connectivity index is 3.21. The largest absolute Gasteiger partial charge is 0.497 e. The maximum absolute atomic E-state index is 12.6. The van der Waals surface area contributed by atoms with E-state index in [1.807, 2.05) is 6.92 Å². The fraction of sp³-hybridized carbons (Fsp3) is 0.533. The van der Waals surface area contributed by atoms with Crippen molar-refractivity contribution in [3.8, 4) is 11.5 Å². The number of methoxy groups -OCH3 is 2. The van der Waals surface area contributed by atoms with E-state index in [0.717, 1.165) is 0 Å². The molecule has 1 aromatic carbocycles.